The highest BCUT2D eigenvalue weighted by Crippen LogP contribution is 2.54. The van der Waals surface area contributed by atoms with Gasteiger partial charge in [-0.2, -0.15) is 0 Å². The van der Waals surface area contributed by atoms with Gasteiger partial charge >= 0.3 is 11.9 Å². The fourth-order valence-corrected chi connectivity index (χ4v) is 4.70. The van der Waals surface area contributed by atoms with Gasteiger partial charge in [0.05, 0.1) is 17.3 Å². The van der Waals surface area contributed by atoms with E-state index in [1.54, 1.807) is 19.9 Å². The lowest BCUT2D eigenvalue weighted by Crippen LogP contribution is -2.50. The van der Waals surface area contributed by atoms with Crippen LogP contribution in [-0.2, 0) is 23.9 Å². The van der Waals surface area contributed by atoms with Crippen molar-refractivity contribution < 1.29 is 23.9 Å². The van der Waals surface area contributed by atoms with Crippen LogP contribution < -0.4 is 0 Å². The Morgan fingerprint density at radius 3 is 2.62 bits per heavy atom. The van der Waals surface area contributed by atoms with Gasteiger partial charge in [0.2, 0.25) is 0 Å². The van der Waals surface area contributed by atoms with E-state index in [2.05, 4.69) is 6.92 Å². The number of esters is 2. The van der Waals surface area contributed by atoms with Crippen LogP contribution in [0, 0.1) is 35.0 Å². The van der Waals surface area contributed by atoms with Crippen molar-refractivity contribution in [1.82, 2.24) is 0 Å². The summed E-state index contributed by atoms with van der Waals surface area (Å²) >= 11 is 0. The van der Waals surface area contributed by atoms with Crippen molar-refractivity contribution in [3.05, 3.63) is 12.2 Å². The number of carbonyl (C=O) groups excluding carboxylic acids is 3. The number of ether oxygens (including phenoxy) is 2. The zero-order chi connectivity index (χ0) is 17.8. The number of allylic oxidation sites excluding steroid dienone is 2. The van der Waals surface area contributed by atoms with Gasteiger partial charge in [0.1, 0.15) is 12.2 Å². The Hall–Kier alpha value is -1.65. The van der Waals surface area contributed by atoms with E-state index in [0.29, 0.717) is 6.42 Å². The summed E-state index contributed by atoms with van der Waals surface area (Å²) in [6.45, 7) is 9.31. The van der Waals surface area contributed by atoms with E-state index in [1.807, 2.05) is 19.9 Å². The minimum absolute atomic E-state index is 0.00790. The standard InChI is InChI=1S/C19H26O5/c1-9(2)17(21)24-16-15-11(4)18(22)23-13(15)8-10(3)12-6-7-14(20)19(12,16)5/h6-7,9-13,15-16H,8H2,1-5H3/t10-,11?,12+,13?,15?,16?,19+/m1/s1. The third kappa shape index (κ3) is 2.32. The highest BCUT2D eigenvalue weighted by atomic mass is 16.6. The third-order valence-electron chi connectivity index (χ3n) is 6.20. The number of rotatable bonds is 2. The van der Waals surface area contributed by atoms with Crippen molar-refractivity contribution >= 4 is 17.7 Å². The van der Waals surface area contributed by atoms with Crippen LogP contribution in [0.4, 0.5) is 0 Å². The van der Waals surface area contributed by atoms with Gasteiger partial charge in [0.25, 0.3) is 0 Å². The predicted octanol–water partition coefficient (Wildman–Crippen LogP) is 2.53. The smallest absolute Gasteiger partial charge is 0.309 e. The second kappa shape index (κ2) is 5.71. The van der Waals surface area contributed by atoms with Crippen LogP contribution in [0.25, 0.3) is 0 Å². The Balaban J connectivity index is 2.07. The normalized spacial score (nSPS) is 44.1. The molecular weight excluding hydrogens is 308 g/mol. The molecule has 5 heteroatoms. The van der Waals surface area contributed by atoms with Crippen molar-refractivity contribution in [2.45, 2.75) is 53.2 Å². The summed E-state index contributed by atoms with van der Waals surface area (Å²) in [6.07, 6.45) is 3.30. The third-order valence-corrected chi connectivity index (χ3v) is 6.20. The Kier molecular flexibility index (Phi) is 4.09. The first-order chi connectivity index (χ1) is 11.2. The molecule has 24 heavy (non-hydrogen) atoms. The molecule has 5 nitrogen and oxygen atoms in total. The predicted molar refractivity (Wildman–Crippen MR) is 86.8 cm³/mol. The topological polar surface area (TPSA) is 69.7 Å². The first-order valence-corrected chi connectivity index (χ1v) is 8.81. The molecule has 0 aromatic rings. The van der Waals surface area contributed by atoms with Crippen molar-refractivity contribution in [3.8, 4) is 0 Å². The van der Waals surface area contributed by atoms with Gasteiger partial charge in [0.15, 0.2) is 5.78 Å². The van der Waals surface area contributed by atoms with Crippen LogP contribution in [0.2, 0.25) is 0 Å². The molecule has 3 aliphatic rings. The van der Waals surface area contributed by atoms with E-state index in [1.165, 1.54) is 0 Å². The maximum Gasteiger partial charge on any atom is 0.309 e. The molecule has 4 unspecified atom stereocenters. The average Bonchev–Trinajstić information content (AvgIpc) is 2.92. The van der Waals surface area contributed by atoms with Crippen molar-refractivity contribution in [2.24, 2.45) is 35.0 Å². The molecule has 2 fully saturated rings. The fourth-order valence-electron chi connectivity index (χ4n) is 4.70. The molecule has 0 spiro atoms. The van der Waals surface area contributed by atoms with Crippen molar-refractivity contribution in [2.75, 3.05) is 0 Å². The van der Waals surface area contributed by atoms with Crippen molar-refractivity contribution in [1.29, 1.82) is 0 Å². The molecule has 132 valence electrons. The Morgan fingerprint density at radius 2 is 2.00 bits per heavy atom. The molecule has 0 aromatic heterocycles. The van der Waals surface area contributed by atoms with Gasteiger partial charge in [-0.25, -0.2) is 0 Å². The van der Waals surface area contributed by atoms with E-state index in [-0.39, 0.29) is 53.4 Å². The lowest BCUT2D eigenvalue weighted by Gasteiger charge is -2.40. The summed E-state index contributed by atoms with van der Waals surface area (Å²) in [7, 11) is 0. The number of fused-ring (bicyclic) bond motifs is 2. The molecule has 0 amide bonds. The minimum Gasteiger partial charge on any atom is -0.462 e. The monoisotopic (exact) mass is 334 g/mol. The summed E-state index contributed by atoms with van der Waals surface area (Å²) in [5, 5.41) is 0. The van der Waals surface area contributed by atoms with E-state index < -0.39 is 11.5 Å². The molecule has 1 saturated heterocycles. The van der Waals surface area contributed by atoms with E-state index >= 15 is 0 Å². The maximum absolute atomic E-state index is 12.8. The largest absolute Gasteiger partial charge is 0.462 e. The number of ketones is 1. The molecule has 0 bridgehead atoms. The summed E-state index contributed by atoms with van der Waals surface area (Å²) in [5.41, 5.74) is -0.828. The van der Waals surface area contributed by atoms with Crippen molar-refractivity contribution in [3.63, 3.8) is 0 Å². The van der Waals surface area contributed by atoms with Crippen LogP contribution in [0.5, 0.6) is 0 Å². The van der Waals surface area contributed by atoms with Gasteiger partial charge in [-0.05, 0) is 31.3 Å². The highest BCUT2D eigenvalue weighted by Gasteiger charge is 2.62. The first kappa shape index (κ1) is 17.2. The van der Waals surface area contributed by atoms with Gasteiger partial charge in [0, 0.05) is 5.92 Å². The van der Waals surface area contributed by atoms with Gasteiger partial charge in [-0.1, -0.05) is 33.8 Å². The average molecular weight is 334 g/mol. The quantitative estimate of drug-likeness (QED) is 0.726. The van der Waals surface area contributed by atoms with E-state index in [4.69, 9.17) is 9.47 Å². The molecule has 0 radical (unpaired) electrons. The zero-order valence-electron chi connectivity index (χ0n) is 14.9. The minimum atomic E-state index is -0.828. The summed E-state index contributed by atoms with van der Waals surface area (Å²) in [5.74, 6) is -1.39. The lowest BCUT2D eigenvalue weighted by molar-refractivity contribution is -0.170. The van der Waals surface area contributed by atoms with Crippen LogP contribution in [-0.4, -0.2) is 29.9 Å². The zero-order valence-corrected chi connectivity index (χ0v) is 14.9. The van der Waals surface area contributed by atoms with E-state index in [9.17, 15) is 14.4 Å². The SMILES string of the molecule is CC(C)C(=O)OC1C2C(C[C@@H](C)[C@@H]3C=CC(=O)[C@@]13C)OC(=O)C2C. The molecule has 1 aliphatic heterocycles. The maximum atomic E-state index is 12.8. The molecule has 3 rings (SSSR count). The molecular formula is C19H26O5. The molecule has 1 heterocycles. The highest BCUT2D eigenvalue weighted by molar-refractivity contribution is 5.98. The van der Waals surface area contributed by atoms with Gasteiger partial charge in [-0.3, -0.25) is 14.4 Å². The molecule has 0 aromatic carbocycles. The molecule has 0 N–H and O–H groups in total. The van der Waals surface area contributed by atoms with E-state index in [0.717, 1.165) is 0 Å². The Labute approximate surface area is 142 Å². The fraction of sp³-hybridized carbons (Fsp3) is 0.737. The number of hydrogen-bond acceptors (Lipinski definition) is 5. The summed E-state index contributed by atoms with van der Waals surface area (Å²) in [6, 6.07) is 0. The summed E-state index contributed by atoms with van der Waals surface area (Å²) < 4.78 is 11.4. The van der Waals surface area contributed by atoms with Crippen LogP contribution in [0.3, 0.4) is 0 Å². The van der Waals surface area contributed by atoms with Crippen LogP contribution in [0.1, 0.15) is 41.0 Å². The van der Waals surface area contributed by atoms with Crippen LogP contribution in [0.15, 0.2) is 12.2 Å². The van der Waals surface area contributed by atoms with Gasteiger partial charge < -0.3 is 9.47 Å². The first-order valence-electron chi connectivity index (χ1n) is 8.81. The Bertz CT molecular complexity index is 607. The number of carbonyl (C=O) groups is 3. The van der Waals surface area contributed by atoms with Gasteiger partial charge in [-0.15, -0.1) is 0 Å². The second-order valence-electron chi connectivity index (χ2n) is 8.10. The summed E-state index contributed by atoms with van der Waals surface area (Å²) in [4.78, 5) is 37.2. The molecule has 7 atom stereocenters. The number of hydrogen-bond donors (Lipinski definition) is 0. The Morgan fingerprint density at radius 1 is 1.33 bits per heavy atom. The molecule has 2 aliphatic carbocycles. The molecule has 1 saturated carbocycles. The lowest BCUT2D eigenvalue weighted by atomic mass is 9.66. The van der Waals surface area contributed by atoms with Crippen LogP contribution >= 0.6 is 0 Å². The second-order valence-corrected chi connectivity index (χ2v) is 8.10.